The van der Waals surface area contributed by atoms with Gasteiger partial charge in [-0.25, -0.2) is 13.1 Å². The minimum atomic E-state index is -3.53. The number of ether oxygens (including phenoxy) is 1. The van der Waals surface area contributed by atoms with Gasteiger partial charge in [0.15, 0.2) is 0 Å². The van der Waals surface area contributed by atoms with E-state index in [9.17, 15) is 8.42 Å². The Labute approximate surface area is 111 Å². The summed E-state index contributed by atoms with van der Waals surface area (Å²) in [6.45, 7) is 2.12. The molecular weight excluding hydrogens is 266 g/mol. The summed E-state index contributed by atoms with van der Waals surface area (Å²) >= 11 is 0. The molecule has 0 aliphatic heterocycles. The van der Waals surface area contributed by atoms with E-state index >= 15 is 0 Å². The molecule has 2 aromatic rings. The highest BCUT2D eigenvalue weighted by Crippen LogP contribution is 2.10. The number of H-pyrrole nitrogens is 1. The molecule has 0 aliphatic carbocycles. The first-order valence-electron chi connectivity index (χ1n) is 5.77. The van der Waals surface area contributed by atoms with Gasteiger partial charge in [0.05, 0.1) is 11.9 Å². The van der Waals surface area contributed by atoms with Gasteiger partial charge in [-0.1, -0.05) is 18.2 Å². The monoisotopic (exact) mass is 281 g/mol. The van der Waals surface area contributed by atoms with Gasteiger partial charge >= 0.3 is 0 Å². The Bertz CT molecular complexity index is 623. The van der Waals surface area contributed by atoms with Crippen molar-refractivity contribution in [2.24, 2.45) is 0 Å². The van der Waals surface area contributed by atoms with Crippen LogP contribution in [0.3, 0.4) is 0 Å². The molecule has 0 saturated heterocycles. The molecule has 7 heteroatoms. The summed E-state index contributed by atoms with van der Waals surface area (Å²) in [5.41, 5.74) is 0.511. The van der Waals surface area contributed by atoms with E-state index in [0.717, 1.165) is 0 Å². The molecule has 2 N–H and O–H groups in total. The zero-order chi connectivity index (χ0) is 13.7. The van der Waals surface area contributed by atoms with Crippen molar-refractivity contribution in [2.45, 2.75) is 11.8 Å². The van der Waals surface area contributed by atoms with E-state index in [-0.39, 0.29) is 18.0 Å². The molecule has 0 saturated carbocycles. The number of rotatable bonds is 6. The maximum absolute atomic E-state index is 11.9. The molecule has 0 fully saturated rings. The molecule has 19 heavy (non-hydrogen) atoms. The number of hydrogen-bond donors (Lipinski definition) is 2. The van der Waals surface area contributed by atoms with Gasteiger partial charge in [0.1, 0.15) is 17.3 Å². The van der Waals surface area contributed by atoms with Gasteiger partial charge in [-0.2, -0.15) is 5.10 Å². The summed E-state index contributed by atoms with van der Waals surface area (Å²) in [6, 6.07) is 9.23. The van der Waals surface area contributed by atoms with E-state index in [0.29, 0.717) is 11.4 Å². The number of aromatic amines is 1. The molecule has 0 amide bonds. The summed E-state index contributed by atoms with van der Waals surface area (Å²) in [5.74, 6) is 0.709. The van der Waals surface area contributed by atoms with Crippen molar-refractivity contribution in [1.82, 2.24) is 14.9 Å². The van der Waals surface area contributed by atoms with E-state index in [1.807, 2.05) is 30.3 Å². The number of aryl methyl sites for hydroxylation is 1. The lowest BCUT2D eigenvalue weighted by Crippen LogP contribution is -2.28. The van der Waals surface area contributed by atoms with Gasteiger partial charge in [0.2, 0.25) is 10.0 Å². The van der Waals surface area contributed by atoms with Crippen LogP contribution in [0.1, 0.15) is 5.69 Å². The Hall–Kier alpha value is -1.86. The smallest absolute Gasteiger partial charge is 0.244 e. The van der Waals surface area contributed by atoms with Crippen LogP contribution in [0.5, 0.6) is 5.75 Å². The Morgan fingerprint density at radius 2 is 2.05 bits per heavy atom. The second kappa shape index (κ2) is 5.85. The molecule has 6 nitrogen and oxygen atoms in total. The van der Waals surface area contributed by atoms with Crippen LogP contribution < -0.4 is 9.46 Å². The van der Waals surface area contributed by atoms with Crippen LogP contribution in [0.4, 0.5) is 0 Å². The van der Waals surface area contributed by atoms with Crippen LogP contribution in [0.15, 0.2) is 41.4 Å². The third kappa shape index (κ3) is 3.55. The highest BCUT2D eigenvalue weighted by atomic mass is 32.2. The Morgan fingerprint density at radius 3 is 2.68 bits per heavy atom. The molecule has 1 aromatic carbocycles. The van der Waals surface area contributed by atoms with Crippen molar-refractivity contribution < 1.29 is 13.2 Å². The molecule has 1 heterocycles. The Kier molecular flexibility index (Phi) is 4.18. The van der Waals surface area contributed by atoms with Crippen LogP contribution in [0.25, 0.3) is 0 Å². The van der Waals surface area contributed by atoms with E-state index in [2.05, 4.69) is 14.9 Å². The Balaban J connectivity index is 1.85. The van der Waals surface area contributed by atoms with Crippen molar-refractivity contribution in [3.63, 3.8) is 0 Å². The molecule has 0 atom stereocenters. The Morgan fingerprint density at radius 1 is 1.32 bits per heavy atom. The van der Waals surface area contributed by atoms with Gasteiger partial charge in [0, 0.05) is 6.54 Å². The number of benzene rings is 1. The predicted molar refractivity (Wildman–Crippen MR) is 70.5 cm³/mol. The molecule has 0 aliphatic rings. The van der Waals surface area contributed by atoms with Gasteiger partial charge in [-0.15, -0.1) is 0 Å². The van der Waals surface area contributed by atoms with Crippen molar-refractivity contribution in [3.05, 3.63) is 42.2 Å². The summed E-state index contributed by atoms with van der Waals surface area (Å²) in [6.07, 6.45) is 1.29. The van der Waals surface area contributed by atoms with Crippen LogP contribution >= 0.6 is 0 Å². The standard InChI is InChI=1S/C12H15N3O3S/c1-10-12(9-13-15-10)19(16,17)14-7-8-18-11-5-3-2-4-6-11/h2-6,9,14H,7-8H2,1H3,(H,13,15). The molecule has 0 spiro atoms. The number of aromatic nitrogens is 2. The number of para-hydroxylation sites is 1. The summed E-state index contributed by atoms with van der Waals surface area (Å²) in [7, 11) is -3.53. The fraction of sp³-hybridized carbons (Fsp3) is 0.250. The first-order valence-corrected chi connectivity index (χ1v) is 7.25. The van der Waals surface area contributed by atoms with Crippen molar-refractivity contribution in [1.29, 1.82) is 0 Å². The fourth-order valence-corrected chi connectivity index (χ4v) is 2.70. The van der Waals surface area contributed by atoms with E-state index in [4.69, 9.17) is 4.74 Å². The summed E-state index contributed by atoms with van der Waals surface area (Å²) < 4.78 is 31.7. The van der Waals surface area contributed by atoms with Gasteiger partial charge in [0.25, 0.3) is 0 Å². The minimum Gasteiger partial charge on any atom is -0.492 e. The van der Waals surface area contributed by atoms with Gasteiger partial charge < -0.3 is 4.74 Å². The molecule has 0 unspecified atom stereocenters. The average molecular weight is 281 g/mol. The largest absolute Gasteiger partial charge is 0.492 e. The lowest BCUT2D eigenvalue weighted by molar-refractivity contribution is 0.323. The average Bonchev–Trinajstić information content (AvgIpc) is 2.83. The first kappa shape index (κ1) is 13.6. The lowest BCUT2D eigenvalue weighted by atomic mass is 10.3. The number of hydrogen-bond acceptors (Lipinski definition) is 4. The normalized spacial score (nSPS) is 11.4. The SMILES string of the molecule is Cc1[nH]ncc1S(=O)(=O)NCCOc1ccccc1. The minimum absolute atomic E-state index is 0.159. The van der Waals surface area contributed by atoms with Gasteiger partial charge in [-0.05, 0) is 19.1 Å². The highest BCUT2D eigenvalue weighted by Gasteiger charge is 2.17. The molecule has 2 rings (SSSR count). The second-order valence-corrected chi connectivity index (χ2v) is 5.65. The van der Waals surface area contributed by atoms with Crippen molar-refractivity contribution >= 4 is 10.0 Å². The van der Waals surface area contributed by atoms with Crippen molar-refractivity contribution in [3.8, 4) is 5.75 Å². The van der Waals surface area contributed by atoms with Crippen LogP contribution in [-0.2, 0) is 10.0 Å². The zero-order valence-electron chi connectivity index (χ0n) is 10.5. The number of sulfonamides is 1. The molecule has 0 bridgehead atoms. The van der Waals surface area contributed by atoms with E-state index < -0.39 is 10.0 Å². The van der Waals surface area contributed by atoms with E-state index in [1.165, 1.54) is 6.20 Å². The van der Waals surface area contributed by atoms with E-state index in [1.54, 1.807) is 6.92 Å². The van der Waals surface area contributed by atoms with Gasteiger partial charge in [-0.3, -0.25) is 5.10 Å². The number of nitrogens with one attached hydrogen (secondary N) is 2. The number of nitrogens with zero attached hydrogens (tertiary/aromatic N) is 1. The van der Waals surface area contributed by atoms with Crippen LogP contribution in [0.2, 0.25) is 0 Å². The first-order chi connectivity index (χ1) is 9.09. The third-order valence-corrected chi connectivity index (χ3v) is 4.05. The maximum atomic E-state index is 11.9. The topological polar surface area (TPSA) is 84.1 Å². The molecule has 1 aromatic heterocycles. The quantitative estimate of drug-likeness (QED) is 0.776. The van der Waals surface area contributed by atoms with Crippen LogP contribution in [-0.4, -0.2) is 31.8 Å². The maximum Gasteiger partial charge on any atom is 0.244 e. The lowest BCUT2D eigenvalue weighted by Gasteiger charge is -2.07. The fourth-order valence-electron chi connectivity index (χ4n) is 1.55. The molecular formula is C12H15N3O3S. The highest BCUT2D eigenvalue weighted by molar-refractivity contribution is 7.89. The van der Waals surface area contributed by atoms with Crippen LogP contribution in [0, 0.1) is 6.92 Å². The summed E-state index contributed by atoms with van der Waals surface area (Å²) in [4.78, 5) is 0.159. The summed E-state index contributed by atoms with van der Waals surface area (Å²) in [5, 5.41) is 6.28. The predicted octanol–water partition coefficient (Wildman–Crippen LogP) is 1.08. The molecule has 102 valence electrons. The van der Waals surface area contributed by atoms with Crippen molar-refractivity contribution in [2.75, 3.05) is 13.2 Å². The molecule has 0 radical (unpaired) electrons. The second-order valence-electron chi connectivity index (χ2n) is 3.92. The third-order valence-electron chi connectivity index (χ3n) is 2.48. The zero-order valence-corrected chi connectivity index (χ0v) is 11.3.